The second-order valence-electron chi connectivity index (χ2n) is 14.0. The molecule has 0 atom stereocenters. The van der Waals surface area contributed by atoms with Crippen molar-refractivity contribution < 1.29 is 0 Å². The SMILES string of the molecule is CC1(C)c2cc([Si](c3ccccc3)(c3ccccc3)c3ccccc3)sc2-c2sc([Si](c3ccccc3)(c3ccccc3)c3ccccc3)cc21. The zero-order valence-electron chi connectivity index (χ0n) is 28.8. The zero-order chi connectivity index (χ0) is 34.5. The van der Waals surface area contributed by atoms with E-state index in [1.54, 1.807) is 0 Å². The molecule has 0 saturated carbocycles. The molecule has 8 aromatic rings. The molecule has 0 aliphatic heterocycles. The van der Waals surface area contributed by atoms with Gasteiger partial charge >= 0.3 is 0 Å². The summed E-state index contributed by atoms with van der Waals surface area (Å²) in [6.45, 7) is 4.91. The normalized spacial score (nSPS) is 13.5. The quantitative estimate of drug-likeness (QED) is 0.119. The van der Waals surface area contributed by atoms with E-state index in [4.69, 9.17) is 0 Å². The van der Waals surface area contributed by atoms with Crippen molar-refractivity contribution in [1.82, 2.24) is 0 Å². The van der Waals surface area contributed by atoms with Crippen molar-refractivity contribution in [3.8, 4) is 9.75 Å². The highest BCUT2D eigenvalue weighted by Gasteiger charge is 2.49. The van der Waals surface area contributed by atoms with Crippen LogP contribution in [0.25, 0.3) is 9.75 Å². The van der Waals surface area contributed by atoms with E-state index in [2.05, 4.69) is 231 Å². The summed E-state index contributed by atoms with van der Waals surface area (Å²) in [5.74, 6) is 0. The van der Waals surface area contributed by atoms with E-state index in [0.29, 0.717) is 0 Å². The fourth-order valence-corrected chi connectivity index (χ4v) is 23.4. The summed E-state index contributed by atoms with van der Waals surface area (Å²) < 4.78 is 3.00. The van der Waals surface area contributed by atoms with Crippen LogP contribution in [-0.4, -0.2) is 16.1 Å². The van der Waals surface area contributed by atoms with Gasteiger partial charge in [0.25, 0.3) is 0 Å². The molecule has 6 aromatic carbocycles. The fourth-order valence-electron chi connectivity index (χ4n) is 8.55. The van der Waals surface area contributed by atoms with Gasteiger partial charge in [-0.05, 0) is 54.4 Å². The highest BCUT2D eigenvalue weighted by atomic mass is 32.1. The second kappa shape index (κ2) is 12.7. The molecule has 0 spiro atoms. The Morgan fingerprint density at radius 1 is 0.333 bits per heavy atom. The third-order valence-electron chi connectivity index (χ3n) is 11.0. The van der Waals surface area contributed by atoms with E-state index in [9.17, 15) is 0 Å². The molecular formula is C47H38S2Si2. The van der Waals surface area contributed by atoms with Crippen LogP contribution in [0.1, 0.15) is 25.0 Å². The molecule has 0 saturated heterocycles. The van der Waals surface area contributed by atoms with Gasteiger partial charge in [-0.2, -0.15) is 0 Å². The van der Waals surface area contributed by atoms with Crippen LogP contribution in [0.15, 0.2) is 194 Å². The number of hydrogen-bond acceptors (Lipinski definition) is 2. The van der Waals surface area contributed by atoms with Gasteiger partial charge in [0.1, 0.15) is 0 Å². The molecule has 246 valence electrons. The lowest BCUT2D eigenvalue weighted by Gasteiger charge is -2.33. The molecule has 1 aliphatic carbocycles. The van der Waals surface area contributed by atoms with Crippen molar-refractivity contribution in [3.63, 3.8) is 0 Å². The number of fused-ring (bicyclic) bond motifs is 3. The standard InChI is InChI=1S/C47H38S2Si2/c1-47(2)41-33-43(50(35-21-9-3-10-22-35,36-23-11-4-12-24-36)37-25-13-5-14-26-37)48-45(41)46-42(47)34-44(49-46)51(38-27-15-6-16-28-38,39-29-17-7-18-30-39)40-31-19-8-20-32-40/h3-34H,1-2H3. The van der Waals surface area contributed by atoms with Crippen LogP contribution < -0.4 is 40.1 Å². The van der Waals surface area contributed by atoms with Crippen LogP contribution in [-0.2, 0) is 5.41 Å². The van der Waals surface area contributed by atoms with Gasteiger partial charge in [0.15, 0.2) is 16.1 Å². The molecule has 0 amide bonds. The first kappa shape index (κ1) is 32.1. The van der Waals surface area contributed by atoms with Crippen molar-refractivity contribution >= 4 is 78.9 Å². The van der Waals surface area contributed by atoms with Crippen LogP contribution in [0.5, 0.6) is 0 Å². The summed E-state index contributed by atoms with van der Waals surface area (Å²) in [7, 11) is -5.27. The Balaban J connectivity index is 1.32. The van der Waals surface area contributed by atoms with Crippen molar-refractivity contribution in [3.05, 3.63) is 205 Å². The average molecular weight is 723 g/mol. The maximum Gasteiger partial charge on any atom is 0.191 e. The lowest BCUT2D eigenvalue weighted by atomic mass is 9.84. The molecule has 0 nitrogen and oxygen atoms in total. The smallest absolute Gasteiger partial charge is 0.142 e. The number of rotatable bonds is 8. The first-order chi connectivity index (χ1) is 25.1. The summed E-state index contributed by atoms with van der Waals surface area (Å²) in [5, 5.41) is 8.56. The Hall–Kier alpha value is -4.85. The minimum absolute atomic E-state index is 0.122. The summed E-state index contributed by atoms with van der Waals surface area (Å²) in [5.41, 5.74) is 2.82. The lowest BCUT2D eigenvalue weighted by molar-refractivity contribution is 0.664. The predicted octanol–water partition coefficient (Wildman–Crippen LogP) is 6.87. The highest BCUT2D eigenvalue weighted by molar-refractivity contribution is 7.41. The predicted molar refractivity (Wildman–Crippen MR) is 227 cm³/mol. The number of benzene rings is 6. The molecule has 0 fully saturated rings. The summed E-state index contributed by atoms with van der Waals surface area (Å²) in [6.07, 6.45) is 0. The maximum atomic E-state index is 2.61. The van der Waals surface area contributed by atoms with Gasteiger partial charge in [-0.3, -0.25) is 0 Å². The molecule has 51 heavy (non-hydrogen) atoms. The third kappa shape index (κ3) is 4.89. The molecule has 2 aromatic heterocycles. The van der Waals surface area contributed by atoms with Crippen molar-refractivity contribution in [2.75, 3.05) is 0 Å². The molecule has 0 unspecified atom stereocenters. The fraction of sp³-hybridized carbons (Fsp3) is 0.0638. The number of thiophene rings is 2. The van der Waals surface area contributed by atoms with Gasteiger partial charge in [-0.15, -0.1) is 22.7 Å². The van der Waals surface area contributed by atoms with E-state index in [1.807, 2.05) is 0 Å². The monoisotopic (exact) mass is 722 g/mol. The van der Waals surface area contributed by atoms with Crippen LogP contribution >= 0.6 is 22.7 Å². The molecule has 0 bridgehead atoms. The topological polar surface area (TPSA) is 0 Å². The first-order valence-corrected chi connectivity index (χ1v) is 23.3. The maximum absolute atomic E-state index is 2.63. The molecule has 1 aliphatic rings. The number of hydrogen-bond donors (Lipinski definition) is 0. The van der Waals surface area contributed by atoms with Crippen molar-refractivity contribution in [2.45, 2.75) is 19.3 Å². The van der Waals surface area contributed by atoms with E-state index in [1.165, 1.54) is 61.0 Å². The largest absolute Gasteiger partial charge is 0.191 e. The van der Waals surface area contributed by atoms with Gasteiger partial charge in [0.05, 0.1) is 0 Å². The molecule has 0 N–H and O–H groups in total. The van der Waals surface area contributed by atoms with Gasteiger partial charge in [-0.25, -0.2) is 0 Å². The average Bonchev–Trinajstić information content (AvgIpc) is 3.89. The van der Waals surface area contributed by atoms with E-state index in [0.717, 1.165) is 0 Å². The van der Waals surface area contributed by atoms with Crippen LogP contribution in [0.4, 0.5) is 0 Å². The third-order valence-corrected chi connectivity index (χ3v) is 24.5. The Labute approximate surface area is 311 Å². The molecule has 4 heteroatoms. The van der Waals surface area contributed by atoms with Crippen LogP contribution in [0, 0.1) is 0 Å². The van der Waals surface area contributed by atoms with Gasteiger partial charge in [0.2, 0.25) is 0 Å². The minimum atomic E-state index is -2.63. The van der Waals surface area contributed by atoms with Crippen molar-refractivity contribution in [1.29, 1.82) is 0 Å². The van der Waals surface area contributed by atoms with Gasteiger partial charge in [0, 0.05) is 24.2 Å². The Morgan fingerprint density at radius 2 is 0.549 bits per heavy atom. The Bertz CT molecular complexity index is 2050. The molecule has 9 rings (SSSR count). The minimum Gasteiger partial charge on any atom is -0.142 e. The van der Waals surface area contributed by atoms with Gasteiger partial charge in [-0.1, -0.05) is 196 Å². The summed E-state index contributed by atoms with van der Waals surface area (Å²) >= 11 is 4.11. The Morgan fingerprint density at radius 3 is 0.765 bits per heavy atom. The van der Waals surface area contributed by atoms with Gasteiger partial charge < -0.3 is 0 Å². The Kier molecular flexibility index (Phi) is 8.01. The van der Waals surface area contributed by atoms with E-state index < -0.39 is 16.1 Å². The van der Waals surface area contributed by atoms with Crippen LogP contribution in [0.2, 0.25) is 0 Å². The molecular weight excluding hydrogens is 685 g/mol. The summed E-state index contributed by atoms with van der Waals surface area (Å²) in [4.78, 5) is 2.91. The van der Waals surface area contributed by atoms with Crippen molar-refractivity contribution in [2.24, 2.45) is 0 Å². The molecule has 2 heterocycles. The molecule has 0 radical (unpaired) electrons. The van der Waals surface area contributed by atoms with E-state index >= 15 is 0 Å². The lowest BCUT2D eigenvalue weighted by Crippen LogP contribution is -2.74. The highest BCUT2D eigenvalue weighted by Crippen LogP contribution is 2.53. The zero-order valence-corrected chi connectivity index (χ0v) is 32.4. The summed E-state index contributed by atoms with van der Waals surface area (Å²) in [6, 6.07) is 73.2. The van der Waals surface area contributed by atoms with Crippen LogP contribution in [0.3, 0.4) is 0 Å². The van der Waals surface area contributed by atoms with E-state index in [-0.39, 0.29) is 5.41 Å². The second-order valence-corrected chi connectivity index (χ2v) is 24.4. The first-order valence-electron chi connectivity index (χ1n) is 17.7.